The smallest absolute Gasteiger partial charge is 0.392 e. The molecule has 0 unspecified atom stereocenters. The zero-order valence-electron chi connectivity index (χ0n) is 10.7. The highest BCUT2D eigenvalue weighted by atomic mass is 35.5. The summed E-state index contributed by atoms with van der Waals surface area (Å²) >= 11 is 18.0. The van der Waals surface area contributed by atoms with Crippen LogP contribution in [-0.2, 0) is 4.43 Å². The van der Waals surface area contributed by atoms with Crippen molar-refractivity contribution < 1.29 is 8.85 Å². The Morgan fingerprint density at radius 2 is 1.83 bits per heavy atom. The van der Waals surface area contributed by atoms with Crippen molar-refractivity contribution in [2.45, 2.75) is 32.9 Å². The Morgan fingerprint density at radius 1 is 1.17 bits per heavy atom. The summed E-state index contributed by atoms with van der Waals surface area (Å²) in [4.78, 5) is 0. The zero-order chi connectivity index (χ0) is 13.8. The van der Waals surface area contributed by atoms with Crippen molar-refractivity contribution in [2.24, 2.45) is 0 Å². The lowest BCUT2D eigenvalue weighted by atomic mass is 10.3. The number of halogens is 3. The van der Waals surface area contributed by atoms with E-state index in [9.17, 15) is 0 Å². The molecule has 0 fully saturated rings. The highest BCUT2D eigenvalue weighted by Crippen LogP contribution is 2.36. The summed E-state index contributed by atoms with van der Waals surface area (Å²) in [6.07, 6.45) is 2.11. The molecule has 0 aromatic heterocycles. The minimum absolute atomic E-state index is 0.376. The number of hydrogen-bond donors (Lipinski definition) is 0. The van der Waals surface area contributed by atoms with Gasteiger partial charge in [-0.25, -0.2) is 0 Å². The van der Waals surface area contributed by atoms with E-state index >= 15 is 0 Å². The first-order valence-corrected chi connectivity index (χ1v) is 9.78. The van der Waals surface area contributed by atoms with Crippen LogP contribution in [0.15, 0.2) is 12.1 Å². The monoisotopic (exact) mass is 326 g/mol. The molecule has 18 heavy (non-hydrogen) atoms. The molecular weight excluding hydrogens is 311 g/mol. The molecule has 0 heterocycles. The molecule has 0 amide bonds. The molecule has 102 valence electrons. The topological polar surface area (TPSA) is 18.5 Å². The molecule has 1 rings (SSSR count). The van der Waals surface area contributed by atoms with Crippen molar-refractivity contribution in [2.75, 3.05) is 6.61 Å². The van der Waals surface area contributed by atoms with Gasteiger partial charge in [0.2, 0.25) is 0 Å². The standard InChI is InChI=1S/C12H17Cl3O2Si/c1-4-5-6-16-18(2,3)17-11-8-9(13)7-10(14)12(11)15/h7-8H,4-6H2,1-3H3. The molecular formula is C12H17Cl3O2Si. The Bertz CT molecular complexity index is 411. The minimum atomic E-state index is -2.26. The summed E-state index contributed by atoms with van der Waals surface area (Å²) in [5.74, 6) is 0.488. The van der Waals surface area contributed by atoms with Crippen LogP contribution in [0.4, 0.5) is 0 Å². The first-order chi connectivity index (χ1) is 8.35. The molecule has 2 nitrogen and oxygen atoms in total. The fourth-order valence-corrected chi connectivity index (χ4v) is 3.44. The molecule has 0 aliphatic rings. The van der Waals surface area contributed by atoms with Crippen LogP contribution < -0.4 is 4.43 Å². The maximum atomic E-state index is 6.08. The Hall–Kier alpha value is 0.0669. The first-order valence-electron chi connectivity index (χ1n) is 5.83. The van der Waals surface area contributed by atoms with Gasteiger partial charge >= 0.3 is 8.56 Å². The number of unbranched alkanes of at least 4 members (excludes halogenated alkanes) is 1. The molecule has 6 heteroatoms. The van der Waals surface area contributed by atoms with Crippen LogP contribution in [0.3, 0.4) is 0 Å². The average molecular weight is 328 g/mol. The fourth-order valence-electron chi connectivity index (χ4n) is 1.36. The Labute approximate surface area is 124 Å². The highest BCUT2D eigenvalue weighted by Gasteiger charge is 2.28. The van der Waals surface area contributed by atoms with E-state index in [4.69, 9.17) is 43.7 Å². The second-order valence-electron chi connectivity index (χ2n) is 4.40. The van der Waals surface area contributed by atoms with Crippen molar-refractivity contribution in [3.05, 3.63) is 27.2 Å². The maximum absolute atomic E-state index is 6.08. The zero-order valence-corrected chi connectivity index (χ0v) is 14.0. The largest absolute Gasteiger partial charge is 0.519 e. The van der Waals surface area contributed by atoms with Crippen LogP contribution in [0, 0.1) is 0 Å². The van der Waals surface area contributed by atoms with E-state index in [1.165, 1.54) is 0 Å². The predicted molar refractivity (Wildman–Crippen MR) is 80.4 cm³/mol. The quantitative estimate of drug-likeness (QED) is 0.388. The molecule has 0 aliphatic heterocycles. The van der Waals surface area contributed by atoms with Gasteiger partial charge in [-0.3, -0.25) is 0 Å². The van der Waals surface area contributed by atoms with E-state index in [2.05, 4.69) is 6.92 Å². The van der Waals surface area contributed by atoms with Crippen LogP contribution in [0.1, 0.15) is 19.8 Å². The van der Waals surface area contributed by atoms with Gasteiger partial charge in [-0.15, -0.1) is 0 Å². The second kappa shape index (κ2) is 7.01. The van der Waals surface area contributed by atoms with Gasteiger partial charge in [-0.2, -0.15) is 0 Å². The van der Waals surface area contributed by atoms with Gasteiger partial charge in [0.15, 0.2) is 0 Å². The normalized spacial score (nSPS) is 11.7. The van der Waals surface area contributed by atoms with Crippen molar-refractivity contribution in [1.29, 1.82) is 0 Å². The Morgan fingerprint density at radius 3 is 2.44 bits per heavy atom. The van der Waals surface area contributed by atoms with Crippen LogP contribution >= 0.6 is 34.8 Å². The van der Waals surface area contributed by atoms with Crippen molar-refractivity contribution in [3.63, 3.8) is 0 Å². The van der Waals surface area contributed by atoms with Gasteiger partial charge in [-0.1, -0.05) is 48.1 Å². The molecule has 0 atom stereocenters. The van der Waals surface area contributed by atoms with Gasteiger partial charge in [0.25, 0.3) is 0 Å². The SMILES string of the molecule is CCCCO[Si](C)(C)Oc1cc(Cl)cc(Cl)c1Cl. The lowest BCUT2D eigenvalue weighted by Gasteiger charge is -2.24. The van der Waals surface area contributed by atoms with Gasteiger partial charge in [0.1, 0.15) is 5.75 Å². The van der Waals surface area contributed by atoms with E-state index in [1.807, 2.05) is 13.1 Å². The van der Waals surface area contributed by atoms with Gasteiger partial charge in [0.05, 0.1) is 10.0 Å². The maximum Gasteiger partial charge on any atom is 0.392 e. The summed E-state index contributed by atoms with van der Waals surface area (Å²) in [7, 11) is -2.26. The van der Waals surface area contributed by atoms with E-state index in [-0.39, 0.29) is 0 Å². The third kappa shape index (κ3) is 4.98. The van der Waals surface area contributed by atoms with Crippen LogP contribution in [0.5, 0.6) is 5.75 Å². The highest BCUT2D eigenvalue weighted by molar-refractivity contribution is 6.65. The van der Waals surface area contributed by atoms with E-state index in [0.717, 1.165) is 12.8 Å². The molecule has 0 spiro atoms. The van der Waals surface area contributed by atoms with Crippen LogP contribution in [0.25, 0.3) is 0 Å². The molecule has 0 radical (unpaired) electrons. The summed E-state index contributed by atoms with van der Waals surface area (Å²) < 4.78 is 11.6. The number of benzene rings is 1. The van der Waals surface area contributed by atoms with Crippen molar-refractivity contribution in [1.82, 2.24) is 0 Å². The molecule has 1 aromatic rings. The lowest BCUT2D eigenvalue weighted by Crippen LogP contribution is -2.38. The third-order valence-electron chi connectivity index (χ3n) is 2.26. The van der Waals surface area contributed by atoms with E-state index in [1.54, 1.807) is 12.1 Å². The number of hydrogen-bond acceptors (Lipinski definition) is 2. The Kier molecular flexibility index (Phi) is 6.28. The summed E-state index contributed by atoms with van der Waals surface area (Å²) in [6, 6.07) is 3.25. The van der Waals surface area contributed by atoms with E-state index < -0.39 is 8.56 Å². The molecule has 1 aromatic carbocycles. The Balaban J connectivity index is 2.77. The lowest BCUT2D eigenvalue weighted by molar-refractivity contribution is 0.243. The molecule has 0 N–H and O–H groups in total. The summed E-state index contributed by atoms with van der Waals surface area (Å²) in [6.45, 7) is 6.75. The third-order valence-corrected chi connectivity index (χ3v) is 4.88. The molecule has 0 aliphatic carbocycles. The summed E-state index contributed by atoms with van der Waals surface area (Å²) in [5.41, 5.74) is 0. The first kappa shape index (κ1) is 16.1. The molecule has 0 saturated carbocycles. The van der Waals surface area contributed by atoms with Crippen LogP contribution in [-0.4, -0.2) is 15.2 Å². The van der Waals surface area contributed by atoms with Gasteiger partial charge in [0, 0.05) is 11.6 Å². The van der Waals surface area contributed by atoms with Gasteiger partial charge < -0.3 is 8.85 Å². The van der Waals surface area contributed by atoms with E-state index in [0.29, 0.717) is 27.4 Å². The van der Waals surface area contributed by atoms with Crippen LogP contribution in [0.2, 0.25) is 28.2 Å². The molecule has 0 bridgehead atoms. The molecule has 0 saturated heterocycles. The fraction of sp³-hybridized carbons (Fsp3) is 0.500. The number of rotatable bonds is 6. The predicted octanol–water partition coefficient (Wildman–Crippen LogP) is 5.54. The minimum Gasteiger partial charge on any atom is -0.519 e. The second-order valence-corrected chi connectivity index (χ2v) is 8.92. The average Bonchev–Trinajstić information content (AvgIpc) is 2.25. The summed E-state index contributed by atoms with van der Waals surface area (Å²) in [5, 5.41) is 1.26. The van der Waals surface area contributed by atoms with Crippen molar-refractivity contribution >= 4 is 43.4 Å². The van der Waals surface area contributed by atoms with Gasteiger partial charge in [-0.05, 0) is 31.6 Å². The van der Waals surface area contributed by atoms with Crippen molar-refractivity contribution in [3.8, 4) is 5.75 Å².